The van der Waals surface area contributed by atoms with Crippen molar-refractivity contribution in [2.75, 3.05) is 12.3 Å². The SMILES string of the molecule is CC(C)CN(Cc1cn2cc(C(F)(F)C(F)(F)F)ccc2n1)C(=O)c1cc2c(cc1F)nc(N)c1cnn(C)c12. The third-order valence-electron chi connectivity index (χ3n) is 6.47. The lowest BCUT2D eigenvalue weighted by atomic mass is 10.1. The summed E-state index contributed by atoms with van der Waals surface area (Å²) < 4.78 is 84.1. The fourth-order valence-corrected chi connectivity index (χ4v) is 4.64. The molecule has 0 unspecified atom stereocenters. The van der Waals surface area contributed by atoms with Crippen molar-refractivity contribution in [2.24, 2.45) is 13.0 Å². The van der Waals surface area contributed by atoms with Crippen LogP contribution in [0.5, 0.6) is 0 Å². The van der Waals surface area contributed by atoms with Gasteiger partial charge in [-0.15, -0.1) is 0 Å². The summed E-state index contributed by atoms with van der Waals surface area (Å²) in [5.74, 6) is -6.43. The number of hydrogen-bond donors (Lipinski definition) is 1. The van der Waals surface area contributed by atoms with Crippen LogP contribution in [0.2, 0.25) is 0 Å². The highest BCUT2D eigenvalue weighted by Crippen LogP contribution is 2.43. The zero-order valence-electron chi connectivity index (χ0n) is 21.5. The van der Waals surface area contributed by atoms with Crippen molar-refractivity contribution >= 4 is 39.2 Å². The number of nitrogens with zero attached hydrogens (tertiary/aromatic N) is 6. The predicted molar refractivity (Wildman–Crippen MR) is 135 cm³/mol. The number of amides is 1. The van der Waals surface area contributed by atoms with Gasteiger partial charge in [0.1, 0.15) is 17.3 Å². The van der Waals surface area contributed by atoms with E-state index >= 15 is 4.39 Å². The molecule has 1 aromatic carbocycles. The minimum absolute atomic E-state index is 0.0492. The second-order valence-electron chi connectivity index (χ2n) is 9.94. The fraction of sp³-hybridized carbons (Fsp3) is 0.308. The lowest BCUT2D eigenvalue weighted by molar-refractivity contribution is -0.289. The highest BCUT2D eigenvalue weighted by atomic mass is 19.4. The summed E-state index contributed by atoms with van der Waals surface area (Å²) in [5, 5.41) is 5.18. The van der Waals surface area contributed by atoms with E-state index in [2.05, 4.69) is 15.1 Å². The maximum absolute atomic E-state index is 15.3. The maximum atomic E-state index is 15.3. The van der Waals surface area contributed by atoms with Crippen LogP contribution in [0, 0.1) is 11.7 Å². The third-order valence-corrected chi connectivity index (χ3v) is 6.47. The molecule has 0 spiro atoms. The van der Waals surface area contributed by atoms with E-state index in [-0.39, 0.29) is 47.2 Å². The Hall–Kier alpha value is -4.36. The predicted octanol–water partition coefficient (Wildman–Crippen LogP) is 5.44. The smallest absolute Gasteiger partial charge is 0.383 e. The van der Waals surface area contributed by atoms with Gasteiger partial charge in [0.05, 0.1) is 40.4 Å². The number of carbonyl (C=O) groups is 1. The standard InChI is InChI=1S/C26H23F6N7O/c1-13(2)9-39(12-15-11-38-10-14(4-5-21(38)35-15)25(28,29)26(30,31)32)24(40)16-6-17-20(7-19(16)27)36-23(33)18-8-34-37(3)22(17)18/h4-8,10-11,13H,9,12H2,1-3H3,(H2,33,36). The normalized spacial score (nSPS) is 12.8. The molecule has 0 saturated heterocycles. The monoisotopic (exact) mass is 563 g/mol. The van der Waals surface area contributed by atoms with E-state index < -0.39 is 29.4 Å². The van der Waals surface area contributed by atoms with Crippen LogP contribution in [0.1, 0.15) is 35.5 Å². The molecule has 1 amide bonds. The van der Waals surface area contributed by atoms with Crippen molar-refractivity contribution in [1.82, 2.24) is 29.0 Å². The van der Waals surface area contributed by atoms with Crippen LogP contribution in [0.25, 0.3) is 27.5 Å². The number of hydrogen-bond acceptors (Lipinski definition) is 5. The van der Waals surface area contributed by atoms with Crippen LogP contribution in [0.15, 0.2) is 42.9 Å². The quantitative estimate of drug-likeness (QED) is 0.278. The highest BCUT2D eigenvalue weighted by molar-refractivity contribution is 6.10. The van der Waals surface area contributed by atoms with E-state index in [1.807, 2.05) is 13.8 Å². The second kappa shape index (κ2) is 9.38. The van der Waals surface area contributed by atoms with E-state index in [0.29, 0.717) is 28.6 Å². The molecule has 8 nitrogen and oxygen atoms in total. The fourth-order valence-electron chi connectivity index (χ4n) is 4.64. The van der Waals surface area contributed by atoms with Gasteiger partial charge in [0, 0.05) is 43.0 Å². The van der Waals surface area contributed by atoms with Gasteiger partial charge in [0.2, 0.25) is 0 Å². The van der Waals surface area contributed by atoms with Gasteiger partial charge in [-0.05, 0) is 24.1 Å². The summed E-state index contributed by atoms with van der Waals surface area (Å²) in [7, 11) is 1.68. The van der Waals surface area contributed by atoms with Crippen molar-refractivity contribution in [3.05, 3.63) is 65.5 Å². The van der Waals surface area contributed by atoms with E-state index in [1.54, 1.807) is 11.7 Å². The lowest BCUT2D eigenvalue weighted by Gasteiger charge is -2.24. The van der Waals surface area contributed by atoms with Crippen LogP contribution in [-0.4, -0.2) is 47.7 Å². The van der Waals surface area contributed by atoms with Gasteiger partial charge in [-0.25, -0.2) is 14.4 Å². The molecule has 4 heterocycles. The molecule has 4 aromatic heterocycles. The van der Waals surface area contributed by atoms with Crippen LogP contribution in [0.4, 0.5) is 32.2 Å². The topological polar surface area (TPSA) is 94.3 Å². The summed E-state index contributed by atoms with van der Waals surface area (Å²) in [6.45, 7) is 3.72. The lowest BCUT2D eigenvalue weighted by Crippen LogP contribution is -2.34. The molecule has 210 valence electrons. The largest absolute Gasteiger partial charge is 0.458 e. The van der Waals surface area contributed by atoms with Gasteiger partial charge in [0.25, 0.3) is 5.91 Å². The summed E-state index contributed by atoms with van der Waals surface area (Å²) in [6.07, 6.45) is -2.34. The number of nitrogens with two attached hydrogens (primary N) is 1. The number of anilines is 1. The van der Waals surface area contributed by atoms with Gasteiger partial charge in [-0.1, -0.05) is 13.8 Å². The molecule has 40 heavy (non-hydrogen) atoms. The average molecular weight is 564 g/mol. The number of benzene rings is 1. The van der Waals surface area contributed by atoms with E-state index in [0.717, 1.165) is 16.5 Å². The van der Waals surface area contributed by atoms with Gasteiger partial charge < -0.3 is 15.0 Å². The van der Waals surface area contributed by atoms with Crippen LogP contribution >= 0.6 is 0 Å². The summed E-state index contributed by atoms with van der Waals surface area (Å²) in [5.41, 5.74) is 5.63. The molecule has 0 saturated carbocycles. The molecule has 0 fully saturated rings. The first-order valence-electron chi connectivity index (χ1n) is 12.1. The van der Waals surface area contributed by atoms with E-state index in [1.165, 1.54) is 23.4 Å². The molecule has 5 rings (SSSR count). The molecule has 0 aliphatic heterocycles. The zero-order valence-corrected chi connectivity index (χ0v) is 21.5. The number of aryl methyl sites for hydroxylation is 1. The molecule has 0 aliphatic carbocycles. The molecule has 0 atom stereocenters. The maximum Gasteiger partial charge on any atom is 0.458 e. The molecular weight excluding hydrogens is 540 g/mol. The number of carbonyl (C=O) groups excluding carboxylic acids is 1. The van der Waals surface area contributed by atoms with Crippen LogP contribution in [0.3, 0.4) is 0 Å². The van der Waals surface area contributed by atoms with Crippen molar-refractivity contribution < 1.29 is 31.1 Å². The number of nitrogen functional groups attached to an aromatic ring is 1. The van der Waals surface area contributed by atoms with Crippen LogP contribution < -0.4 is 5.73 Å². The Bertz CT molecular complexity index is 1770. The van der Waals surface area contributed by atoms with Gasteiger partial charge in [-0.3, -0.25) is 9.48 Å². The Kier molecular flexibility index (Phi) is 6.38. The summed E-state index contributed by atoms with van der Waals surface area (Å²) in [4.78, 5) is 23.5. The Morgan fingerprint density at radius 3 is 2.48 bits per heavy atom. The number of alkyl halides is 5. The number of aromatic nitrogens is 5. The molecular formula is C26H23F6N7O. The minimum Gasteiger partial charge on any atom is -0.383 e. The molecule has 2 N–H and O–H groups in total. The van der Waals surface area contributed by atoms with Gasteiger partial charge in [0.15, 0.2) is 0 Å². The number of rotatable bonds is 6. The molecule has 14 heteroatoms. The Morgan fingerprint density at radius 2 is 1.80 bits per heavy atom. The Labute approximate surface area is 223 Å². The van der Waals surface area contributed by atoms with E-state index in [9.17, 15) is 26.7 Å². The Morgan fingerprint density at radius 1 is 1.07 bits per heavy atom. The third kappa shape index (κ3) is 4.56. The molecule has 0 radical (unpaired) electrons. The average Bonchev–Trinajstić information content (AvgIpc) is 3.45. The van der Waals surface area contributed by atoms with Gasteiger partial charge >= 0.3 is 12.1 Å². The van der Waals surface area contributed by atoms with Crippen molar-refractivity contribution in [2.45, 2.75) is 32.5 Å². The van der Waals surface area contributed by atoms with Crippen molar-refractivity contribution in [3.63, 3.8) is 0 Å². The number of fused-ring (bicyclic) bond motifs is 4. The summed E-state index contributed by atoms with van der Waals surface area (Å²) in [6, 6.07) is 4.19. The van der Waals surface area contributed by atoms with Crippen molar-refractivity contribution in [3.8, 4) is 0 Å². The number of halogens is 6. The Balaban J connectivity index is 1.53. The molecule has 5 aromatic rings. The van der Waals surface area contributed by atoms with Crippen molar-refractivity contribution in [1.29, 1.82) is 0 Å². The zero-order chi connectivity index (χ0) is 29.1. The first-order chi connectivity index (χ1) is 18.7. The van der Waals surface area contributed by atoms with E-state index in [4.69, 9.17) is 5.73 Å². The number of imidazole rings is 1. The molecule has 0 bridgehead atoms. The first-order valence-corrected chi connectivity index (χ1v) is 12.1. The number of pyridine rings is 2. The second-order valence-corrected chi connectivity index (χ2v) is 9.94. The highest BCUT2D eigenvalue weighted by Gasteiger charge is 2.58. The first kappa shape index (κ1) is 27.2. The minimum atomic E-state index is -5.77. The van der Waals surface area contributed by atoms with Gasteiger partial charge in [-0.2, -0.15) is 27.1 Å². The van der Waals surface area contributed by atoms with Crippen LogP contribution in [-0.2, 0) is 19.5 Å². The molecule has 0 aliphatic rings. The summed E-state index contributed by atoms with van der Waals surface area (Å²) >= 11 is 0.